The van der Waals surface area contributed by atoms with E-state index < -0.39 is 0 Å². The lowest BCUT2D eigenvalue weighted by molar-refractivity contribution is -0.118. The standard InChI is InChI=1S/C16H27N3O2/c1-11-6-12(2)9-19(8-11)10-14(20)17-15-7-13(18-21-15)16(3,4)5/h7,11-12H,6,8-10H2,1-5H3,(H,17,20)/t11-,12-/m1/s1. The highest BCUT2D eigenvalue weighted by Gasteiger charge is 2.24. The first-order valence-corrected chi connectivity index (χ1v) is 7.73. The summed E-state index contributed by atoms with van der Waals surface area (Å²) in [5.74, 6) is 1.70. The van der Waals surface area contributed by atoms with E-state index in [0.29, 0.717) is 24.3 Å². The maximum absolute atomic E-state index is 12.1. The maximum atomic E-state index is 12.1. The van der Waals surface area contributed by atoms with Crippen LogP contribution in [0.1, 0.15) is 46.7 Å². The van der Waals surface area contributed by atoms with E-state index in [1.54, 1.807) is 6.07 Å². The molecule has 0 radical (unpaired) electrons. The summed E-state index contributed by atoms with van der Waals surface area (Å²) in [4.78, 5) is 14.3. The second-order valence-corrected chi connectivity index (χ2v) is 7.51. The Labute approximate surface area is 127 Å². The average molecular weight is 293 g/mol. The summed E-state index contributed by atoms with van der Waals surface area (Å²) < 4.78 is 5.19. The number of piperidine rings is 1. The van der Waals surface area contributed by atoms with Gasteiger partial charge in [0.05, 0.1) is 12.2 Å². The van der Waals surface area contributed by atoms with Crippen molar-refractivity contribution < 1.29 is 9.32 Å². The van der Waals surface area contributed by atoms with Gasteiger partial charge < -0.3 is 4.52 Å². The van der Waals surface area contributed by atoms with Gasteiger partial charge in [0.25, 0.3) is 0 Å². The van der Waals surface area contributed by atoms with Crippen LogP contribution in [0.15, 0.2) is 10.6 Å². The van der Waals surface area contributed by atoms with Crippen molar-refractivity contribution in [2.75, 3.05) is 25.0 Å². The number of carbonyl (C=O) groups excluding carboxylic acids is 1. The molecule has 1 aliphatic heterocycles. The number of hydrogen-bond acceptors (Lipinski definition) is 4. The number of nitrogens with one attached hydrogen (secondary N) is 1. The van der Waals surface area contributed by atoms with Gasteiger partial charge in [-0.1, -0.05) is 39.8 Å². The van der Waals surface area contributed by atoms with E-state index in [0.717, 1.165) is 18.8 Å². The molecule has 5 heteroatoms. The molecule has 0 saturated carbocycles. The summed E-state index contributed by atoms with van der Waals surface area (Å²) in [6, 6.07) is 1.80. The summed E-state index contributed by atoms with van der Waals surface area (Å²) in [5, 5.41) is 6.81. The molecule has 21 heavy (non-hydrogen) atoms. The van der Waals surface area contributed by atoms with E-state index in [-0.39, 0.29) is 11.3 Å². The van der Waals surface area contributed by atoms with E-state index in [1.807, 2.05) is 0 Å². The number of amides is 1. The molecule has 5 nitrogen and oxygen atoms in total. The van der Waals surface area contributed by atoms with Crippen molar-refractivity contribution in [3.8, 4) is 0 Å². The Morgan fingerprint density at radius 3 is 2.52 bits per heavy atom. The minimum atomic E-state index is -0.0792. The second kappa shape index (κ2) is 6.18. The zero-order valence-electron chi connectivity index (χ0n) is 13.8. The highest BCUT2D eigenvalue weighted by molar-refractivity contribution is 5.91. The van der Waals surface area contributed by atoms with E-state index >= 15 is 0 Å². The molecule has 0 spiro atoms. The lowest BCUT2D eigenvalue weighted by Gasteiger charge is -2.34. The first-order valence-electron chi connectivity index (χ1n) is 7.73. The molecular formula is C16H27N3O2. The van der Waals surface area contributed by atoms with Gasteiger partial charge in [0, 0.05) is 24.6 Å². The van der Waals surface area contributed by atoms with Crippen molar-refractivity contribution in [1.82, 2.24) is 10.1 Å². The Morgan fingerprint density at radius 1 is 1.38 bits per heavy atom. The maximum Gasteiger partial charge on any atom is 0.240 e. The van der Waals surface area contributed by atoms with Gasteiger partial charge in [-0.15, -0.1) is 0 Å². The van der Waals surface area contributed by atoms with Crippen LogP contribution in [0.25, 0.3) is 0 Å². The summed E-state index contributed by atoms with van der Waals surface area (Å²) in [7, 11) is 0. The zero-order valence-corrected chi connectivity index (χ0v) is 13.8. The minimum absolute atomic E-state index is 0.0343. The summed E-state index contributed by atoms with van der Waals surface area (Å²) >= 11 is 0. The fourth-order valence-corrected chi connectivity index (χ4v) is 2.99. The third-order valence-electron chi connectivity index (χ3n) is 3.85. The van der Waals surface area contributed by atoms with Crippen molar-refractivity contribution in [1.29, 1.82) is 0 Å². The highest BCUT2D eigenvalue weighted by Crippen LogP contribution is 2.24. The summed E-state index contributed by atoms with van der Waals surface area (Å²) in [5.41, 5.74) is 0.766. The first-order chi connectivity index (χ1) is 9.74. The van der Waals surface area contributed by atoms with Crippen LogP contribution in [-0.2, 0) is 10.2 Å². The minimum Gasteiger partial charge on any atom is -0.338 e. The monoisotopic (exact) mass is 293 g/mol. The van der Waals surface area contributed by atoms with Crippen LogP contribution >= 0.6 is 0 Å². The van der Waals surface area contributed by atoms with Crippen LogP contribution in [0.4, 0.5) is 5.88 Å². The molecule has 118 valence electrons. The molecule has 1 fully saturated rings. The number of anilines is 1. The summed E-state index contributed by atoms with van der Waals surface area (Å²) in [6.45, 7) is 13.1. The number of aromatic nitrogens is 1. The molecule has 0 aliphatic carbocycles. The normalized spacial score (nSPS) is 24.0. The Kier molecular flexibility index (Phi) is 4.71. The van der Waals surface area contributed by atoms with Gasteiger partial charge in [0.2, 0.25) is 11.8 Å². The smallest absolute Gasteiger partial charge is 0.240 e. The fraction of sp³-hybridized carbons (Fsp3) is 0.750. The SMILES string of the molecule is C[C@@H]1C[C@@H](C)CN(CC(=O)Nc2cc(C(C)(C)C)no2)C1. The Hall–Kier alpha value is -1.36. The molecule has 1 aromatic rings. The molecule has 1 amide bonds. The lowest BCUT2D eigenvalue weighted by Crippen LogP contribution is -2.42. The second-order valence-electron chi connectivity index (χ2n) is 7.51. The number of carbonyl (C=O) groups is 1. The van der Waals surface area contributed by atoms with Crippen molar-refractivity contribution in [2.45, 2.75) is 46.5 Å². The van der Waals surface area contributed by atoms with E-state index in [1.165, 1.54) is 6.42 Å². The topological polar surface area (TPSA) is 58.4 Å². The molecule has 2 atom stereocenters. The van der Waals surface area contributed by atoms with Gasteiger partial charge in [-0.2, -0.15) is 0 Å². The highest BCUT2D eigenvalue weighted by atomic mass is 16.5. The van der Waals surface area contributed by atoms with Crippen LogP contribution < -0.4 is 5.32 Å². The van der Waals surface area contributed by atoms with E-state index in [9.17, 15) is 4.79 Å². The third kappa shape index (κ3) is 4.56. The quantitative estimate of drug-likeness (QED) is 0.931. The Balaban J connectivity index is 1.88. The summed E-state index contributed by atoms with van der Waals surface area (Å²) in [6.07, 6.45) is 1.25. The molecule has 2 heterocycles. The molecule has 1 aromatic heterocycles. The van der Waals surface area contributed by atoms with Gasteiger partial charge in [-0.05, 0) is 18.3 Å². The van der Waals surface area contributed by atoms with Crippen molar-refractivity contribution in [3.63, 3.8) is 0 Å². The molecule has 2 rings (SSSR count). The van der Waals surface area contributed by atoms with Crippen LogP contribution in [-0.4, -0.2) is 35.6 Å². The van der Waals surface area contributed by atoms with E-state index in [4.69, 9.17) is 4.52 Å². The lowest BCUT2D eigenvalue weighted by atomic mass is 9.92. The molecule has 1 saturated heterocycles. The van der Waals surface area contributed by atoms with Crippen LogP contribution in [0.3, 0.4) is 0 Å². The Bertz CT molecular complexity index is 480. The van der Waals surface area contributed by atoms with Crippen molar-refractivity contribution in [2.24, 2.45) is 11.8 Å². The molecule has 1 N–H and O–H groups in total. The van der Waals surface area contributed by atoms with Gasteiger partial charge >= 0.3 is 0 Å². The van der Waals surface area contributed by atoms with Gasteiger partial charge in [-0.3, -0.25) is 15.0 Å². The van der Waals surface area contributed by atoms with E-state index in [2.05, 4.69) is 50.0 Å². The number of nitrogens with zero attached hydrogens (tertiary/aromatic N) is 2. The van der Waals surface area contributed by atoms with Crippen LogP contribution in [0, 0.1) is 11.8 Å². The van der Waals surface area contributed by atoms with Crippen LogP contribution in [0.2, 0.25) is 0 Å². The first kappa shape index (κ1) is 16.0. The van der Waals surface area contributed by atoms with Gasteiger partial charge in [-0.25, -0.2) is 0 Å². The molecule has 1 aliphatic rings. The molecule has 0 unspecified atom stereocenters. The molecular weight excluding hydrogens is 266 g/mol. The van der Waals surface area contributed by atoms with Gasteiger partial charge in [0.1, 0.15) is 0 Å². The number of rotatable bonds is 3. The largest absolute Gasteiger partial charge is 0.338 e. The fourth-order valence-electron chi connectivity index (χ4n) is 2.99. The third-order valence-corrected chi connectivity index (χ3v) is 3.85. The predicted molar refractivity (Wildman–Crippen MR) is 83.2 cm³/mol. The average Bonchev–Trinajstić information content (AvgIpc) is 2.75. The van der Waals surface area contributed by atoms with Crippen molar-refractivity contribution >= 4 is 11.8 Å². The number of likely N-dealkylation sites (tertiary alicyclic amines) is 1. The predicted octanol–water partition coefficient (Wildman–Crippen LogP) is 2.89. The Morgan fingerprint density at radius 2 is 2.00 bits per heavy atom. The van der Waals surface area contributed by atoms with Crippen LogP contribution in [0.5, 0.6) is 0 Å². The van der Waals surface area contributed by atoms with Crippen molar-refractivity contribution in [3.05, 3.63) is 11.8 Å². The van der Waals surface area contributed by atoms with Gasteiger partial charge in [0.15, 0.2) is 0 Å². The number of hydrogen-bond donors (Lipinski definition) is 1. The molecule has 0 aromatic carbocycles. The zero-order chi connectivity index (χ0) is 15.6. The molecule has 0 bridgehead atoms.